The van der Waals surface area contributed by atoms with Crippen LogP contribution in [-0.4, -0.2) is 16.7 Å². The summed E-state index contributed by atoms with van der Waals surface area (Å²) >= 11 is 0. The van der Waals surface area contributed by atoms with Crippen LogP contribution in [0.5, 0.6) is 5.75 Å². The van der Waals surface area contributed by atoms with E-state index in [1.54, 1.807) is 0 Å². The summed E-state index contributed by atoms with van der Waals surface area (Å²) < 4.78 is 43.5. The third-order valence-electron chi connectivity index (χ3n) is 2.36. The summed E-state index contributed by atoms with van der Waals surface area (Å²) in [5.74, 6) is 0.0696. The van der Waals surface area contributed by atoms with Crippen LogP contribution in [-0.2, 0) is 6.18 Å². The Balaban J connectivity index is 2.99. The van der Waals surface area contributed by atoms with E-state index in [1.165, 1.54) is 13.1 Å². The number of halogens is 3. The summed E-state index contributed by atoms with van der Waals surface area (Å²) in [5, 5.41) is 9.27. The molecule has 1 atom stereocenters. The fourth-order valence-electron chi connectivity index (χ4n) is 1.43. The van der Waals surface area contributed by atoms with E-state index in [0.717, 1.165) is 18.9 Å². The van der Waals surface area contributed by atoms with Crippen LogP contribution in [0.15, 0.2) is 12.3 Å². The van der Waals surface area contributed by atoms with Crippen molar-refractivity contribution >= 4 is 0 Å². The summed E-state index contributed by atoms with van der Waals surface area (Å²) in [6.07, 6.45) is -2.97. The number of ether oxygens (including phenoxy) is 1. The third kappa shape index (κ3) is 3.87. The van der Waals surface area contributed by atoms with Gasteiger partial charge in [-0.1, -0.05) is 13.3 Å². The van der Waals surface area contributed by atoms with E-state index in [9.17, 15) is 18.3 Å². The molecule has 18 heavy (non-hydrogen) atoms. The van der Waals surface area contributed by atoms with Crippen molar-refractivity contribution in [1.29, 1.82) is 0 Å². The van der Waals surface area contributed by atoms with E-state index in [-0.39, 0.29) is 11.4 Å². The molecule has 0 aromatic carbocycles. The van der Waals surface area contributed by atoms with Crippen LogP contribution in [0.2, 0.25) is 0 Å². The quantitative estimate of drug-likeness (QED) is 0.828. The van der Waals surface area contributed by atoms with Crippen molar-refractivity contribution in [2.45, 2.75) is 39.0 Å². The molecule has 1 N–H and O–H groups in total. The minimum atomic E-state index is -4.55. The molecule has 0 aliphatic heterocycles. The number of aliphatic hydroxyl groups excluding tert-OH is 1. The van der Waals surface area contributed by atoms with E-state index >= 15 is 0 Å². The monoisotopic (exact) mass is 263 g/mol. The zero-order valence-corrected chi connectivity index (χ0v) is 10.3. The van der Waals surface area contributed by atoms with Gasteiger partial charge in [0.1, 0.15) is 5.75 Å². The average Bonchev–Trinajstić information content (AvgIpc) is 2.28. The number of aliphatic hydroxyl groups is 1. The maximum Gasteiger partial charge on any atom is 0.418 e. The van der Waals surface area contributed by atoms with Gasteiger partial charge in [0, 0.05) is 0 Å². The average molecular weight is 263 g/mol. The van der Waals surface area contributed by atoms with Crippen LogP contribution in [0.4, 0.5) is 13.2 Å². The normalized spacial score (nSPS) is 13.4. The smallest absolute Gasteiger partial charge is 0.418 e. The van der Waals surface area contributed by atoms with Gasteiger partial charge in [0.05, 0.1) is 30.2 Å². The Kier molecular flexibility index (Phi) is 4.95. The zero-order valence-electron chi connectivity index (χ0n) is 10.3. The minimum absolute atomic E-state index is 0.0696. The lowest BCUT2D eigenvalue weighted by Gasteiger charge is -2.15. The molecule has 1 heterocycles. The molecule has 0 saturated carbocycles. The van der Waals surface area contributed by atoms with Crippen LogP contribution >= 0.6 is 0 Å². The van der Waals surface area contributed by atoms with Crippen molar-refractivity contribution < 1.29 is 23.0 Å². The van der Waals surface area contributed by atoms with E-state index in [2.05, 4.69) is 4.98 Å². The molecule has 0 fully saturated rings. The van der Waals surface area contributed by atoms with E-state index in [4.69, 9.17) is 4.74 Å². The highest BCUT2D eigenvalue weighted by atomic mass is 19.4. The first kappa shape index (κ1) is 14.8. The molecule has 1 aromatic rings. The number of hydrogen-bond acceptors (Lipinski definition) is 3. The highest BCUT2D eigenvalue weighted by molar-refractivity contribution is 5.32. The van der Waals surface area contributed by atoms with Crippen LogP contribution < -0.4 is 4.74 Å². The molecule has 1 rings (SSSR count). The second kappa shape index (κ2) is 6.04. The van der Waals surface area contributed by atoms with Crippen molar-refractivity contribution in [3.05, 3.63) is 23.5 Å². The maximum atomic E-state index is 12.8. The first-order chi connectivity index (χ1) is 8.36. The molecule has 0 amide bonds. The zero-order chi connectivity index (χ0) is 13.8. The van der Waals surface area contributed by atoms with Gasteiger partial charge in [-0.15, -0.1) is 0 Å². The second-order valence-corrected chi connectivity index (χ2v) is 3.98. The van der Waals surface area contributed by atoms with Gasteiger partial charge in [0.15, 0.2) is 0 Å². The molecule has 1 unspecified atom stereocenters. The minimum Gasteiger partial charge on any atom is -0.492 e. The van der Waals surface area contributed by atoms with Gasteiger partial charge in [-0.05, 0) is 19.4 Å². The van der Waals surface area contributed by atoms with Crippen LogP contribution in [0.3, 0.4) is 0 Å². The Bertz CT molecular complexity index is 391. The van der Waals surface area contributed by atoms with Gasteiger partial charge in [-0.2, -0.15) is 13.2 Å². The standard InChI is InChI=1S/C12H16F3NO2/c1-3-4-5-18-9-6-10(12(13,14)15)11(8(2)17)16-7-9/h6-8,17H,3-5H2,1-2H3. The molecule has 3 nitrogen and oxygen atoms in total. The van der Waals surface area contributed by atoms with Crippen molar-refractivity contribution in [3.63, 3.8) is 0 Å². The lowest BCUT2D eigenvalue weighted by Crippen LogP contribution is -2.13. The molecule has 1 aromatic heterocycles. The van der Waals surface area contributed by atoms with Crippen LogP contribution in [0, 0.1) is 0 Å². The summed E-state index contributed by atoms with van der Waals surface area (Å²) in [4.78, 5) is 3.63. The Hall–Kier alpha value is -1.30. The summed E-state index contributed by atoms with van der Waals surface area (Å²) in [6.45, 7) is 3.55. The number of hydrogen-bond donors (Lipinski definition) is 1. The molecule has 0 radical (unpaired) electrons. The third-order valence-corrected chi connectivity index (χ3v) is 2.36. The molecule has 102 valence electrons. The molecule has 0 aliphatic rings. The molecule has 0 bridgehead atoms. The number of aromatic nitrogens is 1. The van der Waals surface area contributed by atoms with E-state index in [0.29, 0.717) is 6.61 Å². The van der Waals surface area contributed by atoms with Crippen molar-refractivity contribution in [2.24, 2.45) is 0 Å². The summed E-state index contributed by atoms with van der Waals surface area (Å²) in [5.41, 5.74) is -1.34. The predicted octanol–water partition coefficient (Wildman–Crippen LogP) is 3.33. The number of unbranched alkanes of at least 4 members (excludes halogenated alkanes) is 1. The Morgan fingerprint density at radius 3 is 2.61 bits per heavy atom. The Labute approximate surface area is 104 Å². The van der Waals surface area contributed by atoms with Gasteiger partial charge in [-0.3, -0.25) is 4.98 Å². The molecule has 6 heteroatoms. The van der Waals surface area contributed by atoms with E-state index in [1.807, 2.05) is 6.92 Å². The largest absolute Gasteiger partial charge is 0.492 e. The Morgan fingerprint density at radius 2 is 2.11 bits per heavy atom. The van der Waals surface area contributed by atoms with Gasteiger partial charge >= 0.3 is 6.18 Å². The van der Waals surface area contributed by atoms with Gasteiger partial charge in [0.2, 0.25) is 0 Å². The Morgan fingerprint density at radius 1 is 1.44 bits per heavy atom. The number of rotatable bonds is 5. The molecule has 0 spiro atoms. The number of alkyl halides is 3. The van der Waals surface area contributed by atoms with Gasteiger partial charge < -0.3 is 9.84 Å². The van der Waals surface area contributed by atoms with Crippen molar-refractivity contribution in [2.75, 3.05) is 6.61 Å². The first-order valence-electron chi connectivity index (χ1n) is 5.74. The summed E-state index contributed by atoms with van der Waals surface area (Å²) in [6, 6.07) is 0.880. The van der Waals surface area contributed by atoms with Crippen molar-refractivity contribution in [1.82, 2.24) is 4.98 Å². The maximum absolute atomic E-state index is 12.8. The number of pyridine rings is 1. The van der Waals surface area contributed by atoms with Gasteiger partial charge in [0.25, 0.3) is 0 Å². The van der Waals surface area contributed by atoms with E-state index < -0.39 is 17.8 Å². The van der Waals surface area contributed by atoms with Gasteiger partial charge in [-0.25, -0.2) is 0 Å². The highest BCUT2D eigenvalue weighted by Gasteiger charge is 2.35. The SMILES string of the molecule is CCCCOc1cnc(C(C)O)c(C(F)(F)F)c1. The summed E-state index contributed by atoms with van der Waals surface area (Å²) in [7, 11) is 0. The molecule has 0 saturated heterocycles. The van der Waals surface area contributed by atoms with Crippen LogP contribution in [0.25, 0.3) is 0 Å². The first-order valence-corrected chi connectivity index (χ1v) is 5.74. The van der Waals surface area contributed by atoms with Crippen molar-refractivity contribution in [3.8, 4) is 5.75 Å². The second-order valence-electron chi connectivity index (χ2n) is 3.98. The fourth-order valence-corrected chi connectivity index (χ4v) is 1.43. The topological polar surface area (TPSA) is 42.4 Å². The molecular formula is C12H16F3NO2. The fraction of sp³-hybridized carbons (Fsp3) is 0.583. The predicted molar refractivity (Wildman–Crippen MR) is 60.3 cm³/mol. The highest BCUT2D eigenvalue weighted by Crippen LogP contribution is 2.35. The lowest BCUT2D eigenvalue weighted by atomic mass is 10.1. The number of nitrogens with zero attached hydrogens (tertiary/aromatic N) is 1. The van der Waals surface area contributed by atoms with Crippen LogP contribution in [0.1, 0.15) is 44.1 Å². The molecular weight excluding hydrogens is 247 g/mol. The molecule has 0 aliphatic carbocycles. The lowest BCUT2D eigenvalue weighted by molar-refractivity contribution is -0.139.